The van der Waals surface area contributed by atoms with Crippen molar-refractivity contribution in [1.82, 2.24) is 9.97 Å². The van der Waals surface area contributed by atoms with Crippen LogP contribution in [-0.4, -0.2) is 41.1 Å². The molecule has 1 fully saturated rings. The number of nitro benzene ring substituents is 1. The molecule has 8 heteroatoms. The molecule has 2 aromatic heterocycles. The largest absolute Gasteiger partial charge is 0.362 e. The molecule has 0 radical (unpaired) electrons. The van der Waals surface area contributed by atoms with E-state index >= 15 is 0 Å². The minimum Gasteiger partial charge on any atom is -0.362 e. The summed E-state index contributed by atoms with van der Waals surface area (Å²) in [5, 5.41) is 12.4. The number of hydrogen-bond acceptors (Lipinski definition) is 7. The number of nitrogens with zero attached hydrogens (tertiary/aromatic N) is 5. The summed E-state index contributed by atoms with van der Waals surface area (Å²) in [6.07, 6.45) is 1.63. The topological polar surface area (TPSA) is 75.4 Å². The van der Waals surface area contributed by atoms with E-state index in [0.29, 0.717) is 5.69 Å². The third kappa shape index (κ3) is 2.76. The highest BCUT2D eigenvalue weighted by molar-refractivity contribution is 7.18. The summed E-state index contributed by atoms with van der Waals surface area (Å²) in [4.78, 5) is 26.6. The fraction of sp³-hybridized carbons (Fsp3) is 0.333. The highest BCUT2D eigenvalue weighted by atomic mass is 32.1. The van der Waals surface area contributed by atoms with E-state index in [1.54, 1.807) is 29.8 Å². The number of nitro groups is 1. The first-order chi connectivity index (χ1) is 12.6. The van der Waals surface area contributed by atoms with Crippen LogP contribution < -0.4 is 9.80 Å². The third-order valence-corrected chi connectivity index (χ3v) is 6.06. The average molecular weight is 369 g/mol. The molecule has 1 saturated heterocycles. The van der Waals surface area contributed by atoms with E-state index < -0.39 is 0 Å². The molecule has 3 heterocycles. The van der Waals surface area contributed by atoms with Crippen molar-refractivity contribution in [2.75, 3.05) is 36.0 Å². The fourth-order valence-electron chi connectivity index (χ4n) is 3.45. The number of hydrogen-bond donors (Lipinski definition) is 0. The van der Waals surface area contributed by atoms with Gasteiger partial charge in [0.25, 0.3) is 5.69 Å². The summed E-state index contributed by atoms with van der Waals surface area (Å²) >= 11 is 1.70. The Hall–Kier alpha value is -2.74. The number of para-hydroxylation sites is 2. The van der Waals surface area contributed by atoms with Crippen LogP contribution in [0.25, 0.3) is 10.2 Å². The Morgan fingerprint density at radius 3 is 2.50 bits per heavy atom. The van der Waals surface area contributed by atoms with E-state index in [4.69, 9.17) is 0 Å². The van der Waals surface area contributed by atoms with E-state index in [2.05, 4.69) is 33.6 Å². The predicted molar refractivity (Wildman–Crippen MR) is 104 cm³/mol. The van der Waals surface area contributed by atoms with Crippen molar-refractivity contribution in [2.24, 2.45) is 0 Å². The number of fused-ring (bicyclic) bond motifs is 1. The van der Waals surface area contributed by atoms with Crippen molar-refractivity contribution >= 4 is 38.7 Å². The second kappa shape index (κ2) is 6.53. The SMILES string of the molecule is Cc1sc2ncnc(N3CCN(c4ccccc4[N+](=O)[O-])CC3)c2c1C. The van der Waals surface area contributed by atoms with Gasteiger partial charge in [0.15, 0.2) is 0 Å². The second-order valence-corrected chi connectivity index (χ2v) is 7.58. The van der Waals surface area contributed by atoms with Crippen LogP contribution in [-0.2, 0) is 0 Å². The van der Waals surface area contributed by atoms with Gasteiger partial charge in [0.1, 0.15) is 22.7 Å². The molecule has 0 spiro atoms. The van der Waals surface area contributed by atoms with Crippen molar-refractivity contribution in [3.63, 3.8) is 0 Å². The summed E-state index contributed by atoms with van der Waals surface area (Å²) in [7, 11) is 0. The van der Waals surface area contributed by atoms with Crippen LogP contribution in [0.15, 0.2) is 30.6 Å². The number of anilines is 2. The Labute approximate surface area is 155 Å². The number of aromatic nitrogens is 2. The van der Waals surface area contributed by atoms with Gasteiger partial charge in [-0.3, -0.25) is 10.1 Å². The molecule has 1 aliphatic rings. The first-order valence-electron chi connectivity index (χ1n) is 8.50. The monoisotopic (exact) mass is 369 g/mol. The first kappa shape index (κ1) is 16.7. The summed E-state index contributed by atoms with van der Waals surface area (Å²) in [6, 6.07) is 6.94. The van der Waals surface area contributed by atoms with Crippen LogP contribution in [0.5, 0.6) is 0 Å². The minimum atomic E-state index is -0.312. The quantitative estimate of drug-likeness (QED) is 0.519. The highest BCUT2D eigenvalue weighted by Crippen LogP contribution is 2.35. The van der Waals surface area contributed by atoms with Crippen molar-refractivity contribution in [1.29, 1.82) is 0 Å². The molecule has 1 aromatic carbocycles. The smallest absolute Gasteiger partial charge is 0.292 e. The summed E-state index contributed by atoms with van der Waals surface area (Å²) in [6.45, 7) is 7.21. The molecule has 134 valence electrons. The Balaban J connectivity index is 1.59. The molecule has 7 nitrogen and oxygen atoms in total. The molecule has 0 bridgehead atoms. The van der Waals surface area contributed by atoms with Crippen molar-refractivity contribution in [2.45, 2.75) is 13.8 Å². The predicted octanol–water partition coefficient (Wildman–Crippen LogP) is 3.54. The maximum Gasteiger partial charge on any atom is 0.292 e. The van der Waals surface area contributed by atoms with Gasteiger partial charge in [0.2, 0.25) is 0 Å². The van der Waals surface area contributed by atoms with Crippen LogP contribution in [0.4, 0.5) is 17.2 Å². The first-order valence-corrected chi connectivity index (χ1v) is 9.32. The lowest BCUT2D eigenvalue weighted by Crippen LogP contribution is -2.47. The summed E-state index contributed by atoms with van der Waals surface area (Å²) in [5.41, 5.74) is 2.09. The zero-order chi connectivity index (χ0) is 18.3. The Kier molecular flexibility index (Phi) is 4.20. The molecule has 0 unspecified atom stereocenters. The van der Waals surface area contributed by atoms with Crippen LogP contribution in [0.2, 0.25) is 0 Å². The maximum absolute atomic E-state index is 11.3. The van der Waals surface area contributed by atoms with E-state index in [9.17, 15) is 10.1 Å². The van der Waals surface area contributed by atoms with Crippen molar-refractivity contribution < 1.29 is 4.92 Å². The third-order valence-electron chi connectivity index (χ3n) is 4.94. The number of rotatable bonds is 3. The average Bonchev–Trinajstić information content (AvgIpc) is 2.96. The number of piperazine rings is 1. The molecule has 26 heavy (non-hydrogen) atoms. The van der Waals surface area contributed by atoms with Gasteiger partial charge in [-0.2, -0.15) is 0 Å². The second-order valence-electron chi connectivity index (χ2n) is 6.38. The zero-order valence-corrected chi connectivity index (χ0v) is 15.5. The molecule has 0 N–H and O–H groups in total. The minimum absolute atomic E-state index is 0.162. The van der Waals surface area contributed by atoms with E-state index in [-0.39, 0.29) is 10.6 Å². The molecule has 0 atom stereocenters. The zero-order valence-electron chi connectivity index (χ0n) is 14.7. The van der Waals surface area contributed by atoms with Crippen molar-refractivity contribution in [3.8, 4) is 0 Å². The molecule has 1 aliphatic heterocycles. The molecule has 3 aromatic rings. The summed E-state index contributed by atoms with van der Waals surface area (Å²) in [5.74, 6) is 0.971. The van der Waals surface area contributed by atoms with Crippen molar-refractivity contribution in [3.05, 3.63) is 51.1 Å². The van der Waals surface area contributed by atoms with E-state index in [0.717, 1.165) is 42.2 Å². The normalized spacial score (nSPS) is 14.8. The van der Waals surface area contributed by atoms with E-state index in [1.807, 2.05) is 12.1 Å². The lowest BCUT2D eigenvalue weighted by Gasteiger charge is -2.36. The van der Waals surface area contributed by atoms with E-state index in [1.165, 1.54) is 10.4 Å². The standard InChI is InChI=1S/C18H19N5O2S/c1-12-13(2)26-18-16(12)17(19-11-20-18)22-9-7-21(8-10-22)14-5-3-4-6-15(14)23(24)25/h3-6,11H,7-10H2,1-2H3. The van der Waals surface area contributed by atoms with Gasteiger partial charge in [-0.25, -0.2) is 9.97 Å². The highest BCUT2D eigenvalue weighted by Gasteiger charge is 2.25. The number of aryl methyl sites for hydroxylation is 2. The van der Waals surface area contributed by atoms with Crippen LogP contribution in [0.1, 0.15) is 10.4 Å². The van der Waals surface area contributed by atoms with Crippen LogP contribution in [0, 0.1) is 24.0 Å². The molecule has 0 amide bonds. The molecule has 4 rings (SSSR count). The van der Waals surface area contributed by atoms with Crippen LogP contribution >= 0.6 is 11.3 Å². The Morgan fingerprint density at radius 1 is 1.08 bits per heavy atom. The van der Waals surface area contributed by atoms with Gasteiger partial charge in [-0.05, 0) is 25.5 Å². The van der Waals surface area contributed by atoms with Gasteiger partial charge >= 0.3 is 0 Å². The molecular weight excluding hydrogens is 350 g/mol. The van der Waals surface area contributed by atoms with Gasteiger partial charge in [-0.15, -0.1) is 11.3 Å². The molecular formula is C18H19N5O2S. The molecule has 0 saturated carbocycles. The summed E-state index contributed by atoms with van der Waals surface area (Å²) < 4.78 is 0. The Bertz CT molecular complexity index is 979. The fourth-order valence-corrected chi connectivity index (χ4v) is 4.44. The Morgan fingerprint density at radius 2 is 1.77 bits per heavy atom. The van der Waals surface area contributed by atoms with Gasteiger partial charge < -0.3 is 9.80 Å². The number of thiophene rings is 1. The van der Waals surface area contributed by atoms with Gasteiger partial charge in [-0.1, -0.05) is 12.1 Å². The lowest BCUT2D eigenvalue weighted by molar-refractivity contribution is -0.384. The number of benzene rings is 1. The van der Waals surface area contributed by atoms with Gasteiger partial charge in [0, 0.05) is 37.1 Å². The van der Waals surface area contributed by atoms with Gasteiger partial charge in [0.05, 0.1) is 10.3 Å². The molecule has 0 aliphatic carbocycles. The lowest BCUT2D eigenvalue weighted by atomic mass is 10.1. The van der Waals surface area contributed by atoms with Crippen LogP contribution in [0.3, 0.4) is 0 Å². The maximum atomic E-state index is 11.3.